The molecule has 2 aromatic rings. The third-order valence-corrected chi connectivity index (χ3v) is 6.65. The SMILES string of the molecule is O=C(COc1ccc(NC(=O)C2(c3ccccc3)CCCCC2)cc1)N1CCCCC1. The van der Waals surface area contributed by atoms with Crippen molar-refractivity contribution in [2.45, 2.75) is 56.8 Å². The summed E-state index contributed by atoms with van der Waals surface area (Å²) >= 11 is 0. The molecule has 164 valence electrons. The van der Waals surface area contributed by atoms with E-state index in [0.29, 0.717) is 5.75 Å². The average molecular weight is 421 g/mol. The number of amides is 2. The van der Waals surface area contributed by atoms with Crippen molar-refractivity contribution in [1.82, 2.24) is 4.90 Å². The lowest BCUT2D eigenvalue weighted by molar-refractivity contribution is -0.134. The van der Waals surface area contributed by atoms with Crippen molar-refractivity contribution in [3.8, 4) is 5.75 Å². The fourth-order valence-corrected chi connectivity index (χ4v) is 4.82. The number of nitrogens with zero attached hydrogens (tertiary/aromatic N) is 1. The molecule has 1 aliphatic carbocycles. The number of nitrogens with one attached hydrogen (secondary N) is 1. The van der Waals surface area contributed by atoms with Gasteiger partial charge in [0.25, 0.3) is 5.91 Å². The highest BCUT2D eigenvalue weighted by Crippen LogP contribution is 2.40. The predicted molar refractivity (Wildman–Crippen MR) is 122 cm³/mol. The van der Waals surface area contributed by atoms with Crippen LogP contribution in [0.4, 0.5) is 5.69 Å². The lowest BCUT2D eigenvalue weighted by Crippen LogP contribution is -2.42. The number of carbonyl (C=O) groups excluding carboxylic acids is 2. The van der Waals surface area contributed by atoms with Crippen LogP contribution in [-0.4, -0.2) is 36.4 Å². The summed E-state index contributed by atoms with van der Waals surface area (Å²) < 4.78 is 5.68. The number of piperidine rings is 1. The van der Waals surface area contributed by atoms with Gasteiger partial charge in [-0.3, -0.25) is 9.59 Å². The summed E-state index contributed by atoms with van der Waals surface area (Å²) in [6.45, 7) is 1.72. The minimum absolute atomic E-state index is 0.0409. The second-order valence-corrected chi connectivity index (χ2v) is 8.72. The molecule has 2 fully saturated rings. The van der Waals surface area contributed by atoms with Gasteiger partial charge in [-0.2, -0.15) is 0 Å². The van der Waals surface area contributed by atoms with Gasteiger partial charge in [0, 0.05) is 18.8 Å². The molecule has 5 nitrogen and oxygen atoms in total. The molecule has 0 atom stereocenters. The van der Waals surface area contributed by atoms with Gasteiger partial charge < -0.3 is 15.0 Å². The van der Waals surface area contributed by atoms with Crippen molar-refractivity contribution in [3.63, 3.8) is 0 Å². The lowest BCUT2D eigenvalue weighted by atomic mass is 9.68. The molecule has 2 aliphatic rings. The van der Waals surface area contributed by atoms with Gasteiger partial charge >= 0.3 is 0 Å². The maximum atomic E-state index is 13.4. The molecule has 1 N–H and O–H groups in total. The smallest absolute Gasteiger partial charge is 0.260 e. The summed E-state index contributed by atoms with van der Waals surface area (Å²) in [4.78, 5) is 27.5. The van der Waals surface area contributed by atoms with Crippen molar-refractivity contribution in [3.05, 3.63) is 60.2 Å². The highest BCUT2D eigenvalue weighted by molar-refractivity contribution is 5.99. The second-order valence-electron chi connectivity index (χ2n) is 8.72. The Bertz CT molecular complexity index is 867. The number of likely N-dealkylation sites (tertiary alicyclic amines) is 1. The Morgan fingerprint density at radius 1 is 0.839 bits per heavy atom. The fraction of sp³-hybridized carbons (Fsp3) is 0.462. The molecule has 1 heterocycles. The first-order valence-electron chi connectivity index (χ1n) is 11.5. The van der Waals surface area contributed by atoms with Gasteiger partial charge in [-0.25, -0.2) is 0 Å². The number of ether oxygens (including phenoxy) is 1. The Labute approximate surface area is 184 Å². The van der Waals surface area contributed by atoms with E-state index in [1.165, 1.54) is 12.8 Å². The molecule has 4 rings (SSSR count). The first kappa shape index (κ1) is 21.4. The molecule has 0 radical (unpaired) electrons. The van der Waals surface area contributed by atoms with Crippen LogP contribution in [0, 0.1) is 0 Å². The molecule has 1 aliphatic heterocycles. The first-order valence-corrected chi connectivity index (χ1v) is 11.5. The van der Waals surface area contributed by atoms with E-state index in [9.17, 15) is 9.59 Å². The number of benzene rings is 2. The van der Waals surface area contributed by atoms with Crippen LogP contribution in [-0.2, 0) is 15.0 Å². The Hall–Kier alpha value is -2.82. The van der Waals surface area contributed by atoms with E-state index >= 15 is 0 Å². The summed E-state index contributed by atoms with van der Waals surface area (Å²) in [6, 6.07) is 17.5. The molecule has 2 aromatic carbocycles. The van der Waals surface area contributed by atoms with Gasteiger partial charge in [-0.05, 0) is 61.9 Å². The van der Waals surface area contributed by atoms with Gasteiger partial charge in [-0.1, -0.05) is 49.6 Å². The molecule has 1 saturated heterocycles. The molecule has 5 heteroatoms. The summed E-state index contributed by atoms with van der Waals surface area (Å²) in [5.41, 5.74) is 1.39. The number of anilines is 1. The van der Waals surface area contributed by atoms with Gasteiger partial charge in [0.1, 0.15) is 5.75 Å². The van der Waals surface area contributed by atoms with E-state index < -0.39 is 5.41 Å². The third-order valence-electron chi connectivity index (χ3n) is 6.65. The van der Waals surface area contributed by atoms with Crippen molar-refractivity contribution in [2.24, 2.45) is 0 Å². The number of rotatable bonds is 6. The molecule has 31 heavy (non-hydrogen) atoms. The molecular formula is C26H32N2O3. The van der Waals surface area contributed by atoms with Gasteiger partial charge in [0.2, 0.25) is 5.91 Å². The Morgan fingerprint density at radius 3 is 2.16 bits per heavy atom. The second kappa shape index (κ2) is 9.99. The number of hydrogen-bond acceptors (Lipinski definition) is 3. The van der Waals surface area contributed by atoms with E-state index in [4.69, 9.17) is 4.74 Å². The van der Waals surface area contributed by atoms with Crippen molar-refractivity contribution in [2.75, 3.05) is 25.0 Å². The van der Waals surface area contributed by atoms with Crippen LogP contribution in [0.3, 0.4) is 0 Å². The highest BCUT2D eigenvalue weighted by Gasteiger charge is 2.41. The zero-order valence-corrected chi connectivity index (χ0v) is 18.1. The van der Waals surface area contributed by atoms with Crippen LogP contribution in [0.1, 0.15) is 56.9 Å². The van der Waals surface area contributed by atoms with E-state index in [1.807, 2.05) is 47.4 Å². The van der Waals surface area contributed by atoms with E-state index in [2.05, 4.69) is 17.4 Å². The van der Waals surface area contributed by atoms with E-state index in [1.54, 1.807) is 0 Å². The monoisotopic (exact) mass is 420 g/mol. The topological polar surface area (TPSA) is 58.6 Å². The summed E-state index contributed by atoms with van der Waals surface area (Å²) in [5.74, 6) is 0.741. The van der Waals surface area contributed by atoms with Gasteiger partial charge in [0.15, 0.2) is 6.61 Å². The van der Waals surface area contributed by atoms with Gasteiger partial charge in [-0.15, -0.1) is 0 Å². The summed E-state index contributed by atoms with van der Waals surface area (Å²) in [6.07, 6.45) is 8.42. The molecule has 0 aromatic heterocycles. The fourth-order valence-electron chi connectivity index (χ4n) is 4.82. The zero-order valence-electron chi connectivity index (χ0n) is 18.1. The summed E-state index contributed by atoms with van der Waals surface area (Å²) in [7, 11) is 0. The molecule has 1 saturated carbocycles. The van der Waals surface area contributed by atoms with Crippen molar-refractivity contribution >= 4 is 17.5 Å². The lowest BCUT2D eigenvalue weighted by Gasteiger charge is -2.36. The quantitative estimate of drug-likeness (QED) is 0.722. The zero-order chi connectivity index (χ0) is 21.5. The molecular weight excluding hydrogens is 388 g/mol. The van der Waals surface area contributed by atoms with Crippen LogP contribution >= 0.6 is 0 Å². The van der Waals surface area contributed by atoms with Crippen molar-refractivity contribution < 1.29 is 14.3 Å². The predicted octanol–water partition coefficient (Wildman–Crippen LogP) is 4.92. The van der Waals surface area contributed by atoms with Crippen LogP contribution in [0.5, 0.6) is 5.75 Å². The molecule has 2 amide bonds. The van der Waals surface area contributed by atoms with Gasteiger partial charge in [0.05, 0.1) is 5.41 Å². The largest absolute Gasteiger partial charge is 0.484 e. The standard InChI is InChI=1S/C26H32N2O3/c29-24(28-18-8-3-9-19-28)20-31-23-14-12-22(13-15-23)27-25(30)26(16-6-2-7-17-26)21-10-4-1-5-11-21/h1,4-5,10-15H,2-3,6-9,16-20H2,(H,27,30). The maximum absolute atomic E-state index is 13.4. The normalized spacial score (nSPS) is 18.3. The molecule has 0 spiro atoms. The third kappa shape index (κ3) is 5.09. The number of carbonyl (C=O) groups is 2. The van der Waals surface area contributed by atoms with Crippen LogP contribution < -0.4 is 10.1 Å². The highest BCUT2D eigenvalue weighted by atomic mass is 16.5. The van der Waals surface area contributed by atoms with Crippen LogP contribution in [0.2, 0.25) is 0 Å². The molecule has 0 bridgehead atoms. The minimum Gasteiger partial charge on any atom is -0.484 e. The number of hydrogen-bond donors (Lipinski definition) is 1. The van der Waals surface area contributed by atoms with E-state index in [-0.39, 0.29) is 18.4 Å². The average Bonchev–Trinajstić information content (AvgIpc) is 2.85. The maximum Gasteiger partial charge on any atom is 0.260 e. The van der Waals surface area contributed by atoms with E-state index in [0.717, 1.165) is 62.9 Å². The van der Waals surface area contributed by atoms with Crippen molar-refractivity contribution in [1.29, 1.82) is 0 Å². The Morgan fingerprint density at radius 2 is 1.48 bits per heavy atom. The molecule has 0 unspecified atom stereocenters. The van der Waals surface area contributed by atoms with Crippen LogP contribution in [0.25, 0.3) is 0 Å². The van der Waals surface area contributed by atoms with Crippen LogP contribution in [0.15, 0.2) is 54.6 Å². The Kier molecular flexibility index (Phi) is 6.90. The minimum atomic E-state index is -0.463. The Balaban J connectivity index is 1.37. The first-order chi connectivity index (χ1) is 15.2. The summed E-state index contributed by atoms with van der Waals surface area (Å²) in [5, 5.41) is 3.13.